The van der Waals surface area contributed by atoms with Crippen molar-refractivity contribution in [2.45, 2.75) is 19.6 Å². The molecular formula is C17H19N5OS. The highest BCUT2D eigenvalue weighted by Gasteiger charge is 2.23. The number of nitrogens with zero attached hydrogens (tertiary/aromatic N) is 4. The molecule has 0 spiro atoms. The molecule has 0 aromatic carbocycles. The highest BCUT2D eigenvalue weighted by Crippen LogP contribution is 2.24. The van der Waals surface area contributed by atoms with Crippen LogP contribution in [0.2, 0.25) is 0 Å². The maximum Gasteiger partial charge on any atom is 0.112 e. The molecule has 1 saturated heterocycles. The second-order valence-electron chi connectivity index (χ2n) is 5.88. The number of aryl methyl sites for hydroxylation is 1. The van der Waals surface area contributed by atoms with Crippen molar-refractivity contribution in [3.05, 3.63) is 52.4 Å². The van der Waals surface area contributed by atoms with Crippen LogP contribution in [0.4, 0.5) is 0 Å². The van der Waals surface area contributed by atoms with Crippen LogP contribution in [0, 0.1) is 6.92 Å². The van der Waals surface area contributed by atoms with Gasteiger partial charge in [-0.25, -0.2) is 4.98 Å². The van der Waals surface area contributed by atoms with E-state index in [4.69, 9.17) is 4.74 Å². The van der Waals surface area contributed by atoms with Crippen molar-refractivity contribution < 1.29 is 4.74 Å². The first kappa shape index (κ1) is 15.4. The van der Waals surface area contributed by atoms with Gasteiger partial charge in [-0.15, -0.1) is 11.3 Å². The number of rotatable bonds is 4. The fourth-order valence-corrected chi connectivity index (χ4v) is 3.73. The van der Waals surface area contributed by atoms with Crippen molar-refractivity contribution in [3.8, 4) is 11.3 Å². The Hall–Kier alpha value is -2.09. The Balaban J connectivity index is 1.43. The summed E-state index contributed by atoms with van der Waals surface area (Å²) in [4.78, 5) is 12.6. The fraction of sp³-hybridized carbons (Fsp3) is 0.353. The van der Waals surface area contributed by atoms with Gasteiger partial charge in [0.25, 0.3) is 0 Å². The Labute approximate surface area is 144 Å². The number of hydrogen-bond donors (Lipinski definition) is 1. The van der Waals surface area contributed by atoms with Gasteiger partial charge in [-0.2, -0.15) is 5.10 Å². The number of morpholine rings is 1. The zero-order valence-electron chi connectivity index (χ0n) is 13.5. The average molecular weight is 341 g/mol. The van der Waals surface area contributed by atoms with Gasteiger partial charge in [0.1, 0.15) is 6.10 Å². The van der Waals surface area contributed by atoms with Crippen molar-refractivity contribution in [1.29, 1.82) is 0 Å². The van der Waals surface area contributed by atoms with Crippen molar-refractivity contribution in [2.24, 2.45) is 0 Å². The zero-order valence-corrected chi connectivity index (χ0v) is 14.3. The first-order chi connectivity index (χ1) is 11.8. The molecule has 4 rings (SSSR count). The molecule has 6 nitrogen and oxygen atoms in total. The van der Waals surface area contributed by atoms with Crippen molar-refractivity contribution in [1.82, 2.24) is 25.1 Å². The van der Waals surface area contributed by atoms with Crippen LogP contribution in [0.3, 0.4) is 0 Å². The number of aromatic nitrogens is 4. The minimum atomic E-state index is 0.0172. The molecule has 1 aliphatic rings. The molecule has 0 saturated carbocycles. The van der Waals surface area contributed by atoms with E-state index in [0.29, 0.717) is 0 Å². The van der Waals surface area contributed by atoms with Crippen LogP contribution in [-0.4, -0.2) is 44.8 Å². The lowest BCUT2D eigenvalue weighted by molar-refractivity contribution is -0.0346. The molecule has 0 radical (unpaired) electrons. The molecule has 1 fully saturated rings. The Kier molecular flexibility index (Phi) is 4.38. The third-order valence-corrected chi connectivity index (χ3v) is 5.02. The van der Waals surface area contributed by atoms with E-state index in [1.54, 1.807) is 17.5 Å². The van der Waals surface area contributed by atoms with Gasteiger partial charge in [-0.3, -0.25) is 15.0 Å². The van der Waals surface area contributed by atoms with Gasteiger partial charge in [0.05, 0.1) is 23.0 Å². The molecule has 7 heteroatoms. The average Bonchev–Trinajstić information content (AvgIpc) is 3.27. The third-order valence-electron chi connectivity index (χ3n) is 4.13. The van der Waals surface area contributed by atoms with E-state index in [-0.39, 0.29) is 6.10 Å². The fourth-order valence-electron chi connectivity index (χ4n) is 2.90. The summed E-state index contributed by atoms with van der Waals surface area (Å²) in [6.45, 7) is 5.50. The number of ether oxygens (including phenoxy) is 1. The second-order valence-corrected chi connectivity index (χ2v) is 7.20. The molecule has 3 aromatic rings. The standard InChI is InChI=1S/C17H19N5OS/c1-12-18-9-14(24-12)10-22-6-7-23-17(11-22)16-3-2-13(8-19-16)15-4-5-20-21-15/h2-5,8-9,17H,6-7,10-11H2,1H3,(H,20,21)/t17-/m1/s1. The van der Waals surface area contributed by atoms with Crippen molar-refractivity contribution in [3.63, 3.8) is 0 Å². The molecule has 1 N–H and O–H groups in total. The molecular weight excluding hydrogens is 322 g/mol. The predicted octanol–water partition coefficient (Wildman–Crippen LogP) is 2.81. The first-order valence-electron chi connectivity index (χ1n) is 7.99. The molecule has 0 amide bonds. The van der Waals surface area contributed by atoms with Crippen LogP contribution in [0.15, 0.2) is 36.8 Å². The maximum atomic E-state index is 5.93. The summed E-state index contributed by atoms with van der Waals surface area (Å²) >= 11 is 1.76. The molecule has 124 valence electrons. The van der Waals surface area contributed by atoms with E-state index in [1.807, 2.05) is 31.5 Å². The zero-order chi connectivity index (χ0) is 16.4. The number of H-pyrrole nitrogens is 1. The molecule has 1 aliphatic heterocycles. The molecule has 1 atom stereocenters. The summed E-state index contributed by atoms with van der Waals surface area (Å²) in [6, 6.07) is 6.04. The molecule has 0 unspecified atom stereocenters. The van der Waals surface area contributed by atoms with Crippen LogP contribution in [0.5, 0.6) is 0 Å². The Morgan fingerprint density at radius 1 is 1.29 bits per heavy atom. The number of aromatic amines is 1. The quantitative estimate of drug-likeness (QED) is 0.790. The summed E-state index contributed by atoms with van der Waals surface area (Å²) in [7, 11) is 0. The summed E-state index contributed by atoms with van der Waals surface area (Å²) < 4.78 is 5.93. The molecule has 4 heterocycles. The summed E-state index contributed by atoms with van der Waals surface area (Å²) in [6.07, 6.45) is 5.61. The maximum absolute atomic E-state index is 5.93. The lowest BCUT2D eigenvalue weighted by Gasteiger charge is -2.32. The monoisotopic (exact) mass is 341 g/mol. The van der Waals surface area contributed by atoms with E-state index >= 15 is 0 Å². The van der Waals surface area contributed by atoms with Crippen molar-refractivity contribution in [2.75, 3.05) is 19.7 Å². The molecule has 0 aliphatic carbocycles. The minimum absolute atomic E-state index is 0.0172. The summed E-state index contributed by atoms with van der Waals surface area (Å²) in [5, 5.41) is 8.05. The van der Waals surface area contributed by atoms with E-state index < -0.39 is 0 Å². The largest absolute Gasteiger partial charge is 0.369 e. The lowest BCUT2D eigenvalue weighted by Crippen LogP contribution is -2.37. The molecule has 24 heavy (non-hydrogen) atoms. The minimum Gasteiger partial charge on any atom is -0.369 e. The number of pyridine rings is 1. The van der Waals surface area contributed by atoms with Gasteiger partial charge in [0.2, 0.25) is 0 Å². The second kappa shape index (κ2) is 6.80. The molecule has 0 bridgehead atoms. The number of hydrogen-bond acceptors (Lipinski definition) is 6. The van der Waals surface area contributed by atoms with Crippen LogP contribution < -0.4 is 0 Å². The summed E-state index contributed by atoms with van der Waals surface area (Å²) in [5.74, 6) is 0. The first-order valence-corrected chi connectivity index (χ1v) is 8.80. The van der Waals surface area contributed by atoms with Gasteiger partial charge in [-0.1, -0.05) is 0 Å². The Bertz CT molecular complexity index is 784. The van der Waals surface area contributed by atoms with Crippen LogP contribution in [-0.2, 0) is 11.3 Å². The normalized spacial score (nSPS) is 18.8. The Morgan fingerprint density at radius 3 is 2.96 bits per heavy atom. The van der Waals surface area contributed by atoms with E-state index in [9.17, 15) is 0 Å². The SMILES string of the molecule is Cc1ncc(CN2CCO[C@@H](c3ccc(-c4ccn[nH]4)cn3)C2)s1. The van der Waals surface area contributed by atoms with Crippen LogP contribution in [0.1, 0.15) is 21.7 Å². The van der Waals surface area contributed by atoms with Crippen LogP contribution in [0.25, 0.3) is 11.3 Å². The number of thiazole rings is 1. The highest BCUT2D eigenvalue weighted by atomic mass is 32.1. The van der Waals surface area contributed by atoms with Gasteiger partial charge in [-0.05, 0) is 25.1 Å². The third kappa shape index (κ3) is 3.38. The highest BCUT2D eigenvalue weighted by molar-refractivity contribution is 7.11. The van der Waals surface area contributed by atoms with Crippen LogP contribution >= 0.6 is 11.3 Å². The van der Waals surface area contributed by atoms with E-state index in [2.05, 4.69) is 31.1 Å². The topological polar surface area (TPSA) is 66.9 Å². The Morgan fingerprint density at radius 2 is 2.25 bits per heavy atom. The summed E-state index contributed by atoms with van der Waals surface area (Å²) in [5.41, 5.74) is 2.98. The van der Waals surface area contributed by atoms with Crippen molar-refractivity contribution >= 4 is 11.3 Å². The predicted molar refractivity (Wildman–Crippen MR) is 92.6 cm³/mol. The lowest BCUT2D eigenvalue weighted by atomic mass is 10.1. The van der Waals surface area contributed by atoms with Gasteiger partial charge >= 0.3 is 0 Å². The van der Waals surface area contributed by atoms with Gasteiger partial charge in [0.15, 0.2) is 0 Å². The van der Waals surface area contributed by atoms with E-state index in [1.165, 1.54) is 4.88 Å². The van der Waals surface area contributed by atoms with E-state index in [0.717, 1.165) is 48.2 Å². The van der Waals surface area contributed by atoms with Gasteiger partial charge < -0.3 is 4.74 Å². The number of nitrogens with one attached hydrogen (secondary N) is 1. The van der Waals surface area contributed by atoms with Gasteiger partial charge in [0, 0.05) is 48.7 Å². The smallest absolute Gasteiger partial charge is 0.112 e. The molecule has 3 aromatic heterocycles.